The molecule has 20 heavy (non-hydrogen) atoms. The van der Waals surface area contributed by atoms with Crippen molar-refractivity contribution in [2.24, 2.45) is 0 Å². The van der Waals surface area contributed by atoms with Gasteiger partial charge in [0.15, 0.2) is 0 Å². The van der Waals surface area contributed by atoms with Crippen molar-refractivity contribution in [3.8, 4) is 0 Å². The number of hydrogen-bond acceptors (Lipinski definition) is 3. The summed E-state index contributed by atoms with van der Waals surface area (Å²) in [4.78, 5) is 12.0. The number of aryl methyl sites for hydroxylation is 2. The number of carbonyl (C=O) groups is 1. The molecular formula is C14H21N5O. The highest BCUT2D eigenvalue weighted by molar-refractivity contribution is 5.76. The quantitative estimate of drug-likeness (QED) is 0.901. The second-order valence-electron chi connectivity index (χ2n) is 4.89. The first-order valence-electron chi connectivity index (χ1n) is 6.83. The van der Waals surface area contributed by atoms with Gasteiger partial charge in [-0.25, -0.2) is 0 Å². The van der Waals surface area contributed by atoms with Gasteiger partial charge in [-0.3, -0.25) is 14.2 Å². The van der Waals surface area contributed by atoms with Crippen molar-refractivity contribution >= 4 is 5.91 Å². The van der Waals surface area contributed by atoms with Gasteiger partial charge in [-0.1, -0.05) is 0 Å². The SMILES string of the molecule is CCn1nc(C)c(C(C)NC(=O)Cn2cccn2)c1C. The van der Waals surface area contributed by atoms with E-state index in [1.165, 1.54) is 0 Å². The van der Waals surface area contributed by atoms with Crippen LogP contribution < -0.4 is 5.32 Å². The zero-order valence-electron chi connectivity index (χ0n) is 12.4. The molecule has 0 bridgehead atoms. The Morgan fingerprint density at radius 1 is 1.45 bits per heavy atom. The molecule has 2 rings (SSSR count). The number of carbonyl (C=O) groups excluding carboxylic acids is 1. The molecular weight excluding hydrogens is 254 g/mol. The number of nitrogens with one attached hydrogen (secondary N) is 1. The molecule has 6 heteroatoms. The maximum absolute atomic E-state index is 12.0. The molecule has 0 saturated carbocycles. The summed E-state index contributed by atoms with van der Waals surface area (Å²) in [6, 6.07) is 1.74. The summed E-state index contributed by atoms with van der Waals surface area (Å²) in [6.07, 6.45) is 3.44. The summed E-state index contributed by atoms with van der Waals surface area (Å²) in [5, 5.41) is 11.5. The van der Waals surface area contributed by atoms with Gasteiger partial charge in [-0.05, 0) is 33.8 Å². The Labute approximate surface area is 118 Å². The van der Waals surface area contributed by atoms with E-state index in [1.807, 2.05) is 25.5 Å². The third kappa shape index (κ3) is 2.89. The van der Waals surface area contributed by atoms with Crippen LogP contribution in [0.4, 0.5) is 0 Å². The minimum Gasteiger partial charge on any atom is -0.348 e. The van der Waals surface area contributed by atoms with Crippen molar-refractivity contribution in [2.75, 3.05) is 0 Å². The second kappa shape index (κ2) is 5.90. The molecule has 2 heterocycles. The zero-order chi connectivity index (χ0) is 14.7. The standard InChI is InChI=1S/C14H21N5O/c1-5-19-12(4)14(11(3)17-19)10(2)16-13(20)9-18-8-6-7-15-18/h6-8,10H,5,9H2,1-4H3,(H,16,20). The van der Waals surface area contributed by atoms with Crippen LogP contribution in [-0.2, 0) is 17.9 Å². The molecule has 0 aliphatic carbocycles. The van der Waals surface area contributed by atoms with Crippen molar-refractivity contribution in [3.63, 3.8) is 0 Å². The first kappa shape index (κ1) is 14.3. The average molecular weight is 275 g/mol. The summed E-state index contributed by atoms with van der Waals surface area (Å²) >= 11 is 0. The third-order valence-electron chi connectivity index (χ3n) is 3.41. The van der Waals surface area contributed by atoms with E-state index in [1.54, 1.807) is 23.1 Å². The van der Waals surface area contributed by atoms with Gasteiger partial charge < -0.3 is 5.32 Å². The van der Waals surface area contributed by atoms with Crippen LogP contribution in [0, 0.1) is 13.8 Å². The number of amides is 1. The van der Waals surface area contributed by atoms with E-state index >= 15 is 0 Å². The monoisotopic (exact) mass is 275 g/mol. The van der Waals surface area contributed by atoms with Gasteiger partial charge in [0.05, 0.1) is 11.7 Å². The Bertz CT molecular complexity index is 585. The fourth-order valence-electron chi connectivity index (χ4n) is 2.55. The number of aromatic nitrogens is 4. The zero-order valence-corrected chi connectivity index (χ0v) is 12.4. The van der Waals surface area contributed by atoms with Gasteiger partial charge in [0, 0.05) is 30.2 Å². The molecule has 0 spiro atoms. The lowest BCUT2D eigenvalue weighted by Crippen LogP contribution is -2.30. The highest BCUT2D eigenvalue weighted by Gasteiger charge is 2.18. The lowest BCUT2D eigenvalue weighted by molar-refractivity contribution is -0.122. The van der Waals surface area contributed by atoms with E-state index in [2.05, 4.69) is 22.4 Å². The van der Waals surface area contributed by atoms with Crippen molar-refractivity contribution in [1.82, 2.24) is 24.9 Å². The minimum absolute atomic E-state index is 0.0516. The van der Waals surface area contributed by atoms with Crippen LogP contribution in [0.25, 0.3) is 0 Å². The summed E-state index contributed by atoms with van der Waals surface area (Å²) in [6.45, 7) is 9.12. The first-order chi connectivity index (χ1) is 9.52. The smallest absolute Gasteiger partial charge is 0.242 e. The molecule has 1 unspecified atom stereocenters. The van der Waals surface area contributed by atoms with Crippen LogP contribution in [-0.4, -0.2) is 25.5 Å². The molecule has 1 N–H and O–H groups in total. The van der Waals surface area contributed by atoms with Gasteiger partial charge in [0.2, 0.25) is 5.91 Å². The van der Waals surface area contributed by atoms with Crippen LogP contribution in [0.2, 0.25) is 0 Å². The molecule has 0 aliphatic heterocycles. The number of rotatable bonds is 5. The first-order valence-corrected chi connectivity index (χ1v) is 6.83. The lowest BCUT2D eigenvalue weighted by atomic mass is 10.1. The third-order valence-corrected chi connectivity index (χ3v) is 3.41. The fourth-order valence-corrected chi connectivity index (χ4v) is 2.55. The minimum atomic E-state index is -0.0571. The molecule has 1 amide bonds. The average Bonchev–Trinajstić information content (AvgIpc) is 2.97. The van der Waals surface area contributed by atoms with E-state index in [0.717, 1.165) is 23.5 Å². The Morgan fingerprint density at radius 2 is 2.20 bits per heavy atom. The second-order valence-corrected chi connectivity index (χ2v) is 4.89. The van der Waals surface area contributed by atoms with Gasteiger partial charge in [-0.2, -0.15) is 10.2 Å². The largest absolute Gasteiger partial charge is 0.348 e. The van der Waals surface area contributed by atoms with Crippen molar-refractivity contribution in [2.45, 2.75) is 46.8 Å². The summed E-state index contributed by atoms with van der Waals surface area (Å²) < 4.78 is 3.57. The molecule has 0 saturated heterocycles. The number of hydrogen-bond donors (Lipinski definition) is 1. The summed E-state index contributed by atoms with van der Waals surface area (Å²) in [5.74, 6) is -0.0516. The Morgan fingerprint density at radius 3 is 2.75 bits per heavy atom. The van der Waals surface area contributed by atoms with Crippen LogP contribution in [0.1, 0.15) is 36.8 Å². The van der Waals surface area contributed by atoms with Gasteiger partial charge in [-0.15, -0.1) is 0 Å². The van der Waals surface area contributed by atoms with E-state index in [-0.39, 0.29) is 18.5 Å². The van der Waals surface area contributed by atoms with Crippen LogP contribution >= 0.6 is 0 Å². The van der Waals surface area contributed by atoms with Crippen molar-refractivity contribution in [1.29, 1.82) is 0 Å². The van der Waals surface area contributed by atoms with Crippen LogP contribution in [0.15, 0.2) is 18.5 Å². The van der Waals surface area contributed by atoms with Crippen molar-refractivity contribution in [3.05, 3.63) is 35.4 Å². The lowest BCUT2D eigenvalue weighted by Gasteiger charge is -2.15. The van der Waals surface area contributed by atoms with Crippen LogP contribution in [0.5, 0.6) is 0 Å². The Balaban J connectivity index is 2.06. The van der Waals surface area contributed by atoms with Crippen molar-refractivity contribution < 1.29 is 4.79 Å². The Hall–Kier alpha value is -2.11. The molecule has 2 aromatic rings. The highest BCUT2D eigenvalue weighted by atomic mass is 16.2. The van der Waals surface area contributed by atoms with Crippen LogP contribution in [0.3, 0.4) is 0 Å². The molecule has 0 aliphatic rings. The predicted octanol–water partition coefficient (Wildman–Crippen LogP) is 1.59. The van der Waals surface area contributed by atoms with E-state index in [9.17, 15) is 4.79 Å². The predicted molar refractivity (Wildman–Crippen MR) is 76.2 cm³/mol. The molecule has 0 fully saturated rings. The highest BCUT2D eigenvalue weighted by Crippen LogP contribution is 2.21. The fraction of sp³-hybridized carbons (Fsp3) is 0.500. The Kier molecular flexibility index (Phi) is 4.22. The van der Waals surface area contributed by atoms with Gasteiger partial charge >= 0.3 is 0 Å². The molecule has 0 radical (unpaired) electrons. The maximum atomic E-state index is 12.0. The summed E-state index contributed by atoms with van der Waals surface area (Å²) in [5.41, 5.74) is 3.17. The molecule has 1 atom stereocenters. The summed E-state index contributed by atoms with van der Waals surface area (Å²) in [7, 11) is 0. The molecule has 2 aromatic heterocycles. The molecule has 0 aromatic carbocycles. The maximum Gasteiger partial charge on any atom is 0.242 e. The molecule has 108 valence electrons. The van der Waals surface area contributed by atoms with E-state index in [4.69, 9.17) is 0 Å². The topological polar surface area (TPSA) is 64.7 Å². The van der Waals surface area contributed by atoms with E-state index in [0.29, 0.717) is 0 Å². The molecule has 6 nitrogen and oxygen atoms in total. The van der Waals surface area contributed by atoms with Gasteiger partial charge in [0.1, 0.15) is 6.54 Å². The normalized spacial score (nSPS) is 12.4. The van der Waals surface area contributed by atoms with Gasteiger partial charge in [0.25, 0.3) is 0 Å². The number of nitrogens with zero attached hydrogens (tertiary/aromatic N) is 4. The van der Waals surface area contributed by atoms with E-state index < -0.39 is 0 Å².